The summed E-state index contributed by atoms with van der Waals surface area (Å²) in [5, 5.41) is 1.23. The van der Waals surface area contributed by atoms with E-state index in [0.29, 0.717) is 16.0 Å². The van der Waals surface area contributed by atoms with Gasteiger partial charge in [0.1, 0.15) is 0 Å². The normalized spacial score (nSPS) is 21.7. The Morgan fingerprint density at radius 3 is 2.67 bits per heavy atom. The summed E-state index contributed by atoms with van der Waals surface area (Å²) in [6, 6.07) is 14.5. The van der Waals surface area contributed by atoms with Crippen LogP contribution in [0.5, 0.6) is 0 Å². The number of halogens is 2. The molecule has 2 aromatic carbocycles. The second-order valence-electron chi connectivity index (χ2n) is 5.83. The Labute approximate surface area is 136 Å². The van der Waals surface area contributed by atoms with E-state index in [9.17, 15) is 0 Å². The fraction of sp³-hybridized carbons (Fsp3) is 0.333. The highest BCUT2D eigenvalue weighted by Gasteiger charge is 2.24. The molecule has 0 saturated carbocycles. The maximum Gasteiger partial charge on any atom is 0.0595 e. The molecule has 1 aliphatic rings. The third kappa shape index (κ3) is 3.26. The molecule has 2 unspecified atom stereocenters. The zero-order chi connectivity index (χ0) is 14.8. The highest BCUT2D eigenvalue weighted by Crippen LogP contribution is 2.34. The molecule has 21 heavy (non-hydrogen) atoms. The Bertz CT molecular complexity index is 639. The Kier molecular flexibility index (Phi) is 4.54. The molecule has 1 nitrogen and oxygen atoms in total. The molecule has 0 aliphatic heterocycles. The van der Waals surface area contributed by atoms with Gasteiger partial charge < -0.3 is 5.73 Å². The summed E-state index contributed by atoms with van der Waals surface area (Å²) < 4.78 is 0. The SMILES string of the molecule is NC1c2ccccc2CCCC1Cc1ccc(Cl)c(Cl)c1. The zero-order valence-corrected chi connectivity index (χ0v) is 13.4. The van der Waals surface area contributed by atoms with E-state index >= 15 is 0 Å². The molecule has 110 valence electrons. The molecule has 3 heteroatoms. The van der Waals surface area contributed by atoms with Crippen molar-refractivity contribution in [2.24, 2.45) is 11.7 Å². The maximum atomic E-state index is 6.55. The highest BCUT2D eigenvalue weighted by molar-refractivity contribution is 6.42. The van der Waals surface area contributed by atoms with Gasteiger partial charge in [0.2, 0.25) is 0 Å². The summed E-state index contributed by atoms with van der Waals surface area (Å²) in [6.45, 7) is 0. The van der Waals surface area contributed by atoms with Gasteiger partial charge in [-0.15, -0.1) is 0 Å². The summed E-state index contributed by atoms with van der Waals surface area (Å²) in [5.41, 5.74) is 10.5. The molecule has 0 aromatic heterocycles. The van der Waals surface area contributed by atoms with Gasteiger partial charge in [0.15, 0.2) is 0 Å². The second-order valence-corrected chi connectivity index (χ2v) is 6.64. The number of aryl methyl sites for hydroxylation is 1. The molecule has 1 aliphatic carbocycles. The van der Waals surface area contributed by atoms with Gasteiger partial charge in [-0.1, -0.05) is 53.5 Å². The lowest BCUT2D eigenvalue weighted by molar-refractivity contribution is 0.402. The summed E-state index contributed by atoms with van der Waals surface area (Å²) in [5.74, 6) is 0.450. The van der Waals surface area contributed by atoms with Crippen LogP contribution in [0.4, 0.5) is 0 Å². The molecular weight excluding hydrogens is 301 g/mol. The third-order valence-electron chi connectivity index (χ3n) is 4.43. The quantitative estimate of drug-likeness (QED) is 0.757. The van der Waals surface area contributed by atoms with Crippen LogP contribution in [0.3, 0.4) is 0 Å². The fourth-order valence-electron chi connectivity index (χ4n) is 3.27. The van der Waals surface area contributed by atoms with E-state index in [2.05, 4.69) is 30.3 Å². The first kappa shape index (κ1) is 14.9. The van der Waals surface area contributed by atoms with Crippen LogP contribution in [-0.2, 0) is 12.8 Å². The molecule has 2 aromatic rings. The molecule has 0 radical (unpaired) electrons. The molecule has 3 rings (SSSR count). The van der Waals surface area contributed by atoms with E-state index in [-0.39, 0.29) is 6.04 Å². The smallest absolute Gasteiger partial charge is 0.0595 e. The van der Waals surface area contributed by atoms with Crippen LogP contribution in [0.1, 0.15) is 35.6 Å². The van der Waals surface area contributed by atoms with Gasteiger partial charge in [-0.3, -0.25) is 0 Å². The first-order chi connectivity index (χ1) is 10.1. The molecule has 0 heterocycles. The van der Waals surface area contributed by atoms with E-state index in [1.165, 1.54) is 23.1 Å². The number of benzene rings is 2. The van der Waals surface area contributed by atoms with Crippen molar-refractivity contribution in [2.75, 3.05) is 0 Å². The largest absolute Gasteiger partial charge is 0.324 e. The number of fused-ring (bicyclic) bond motifs is 1. The number of rotatable bonds is 2. The first-order valence-corrected chi connectivity index (χ1v) is 8.18. The van der Waals surface area contributed by atoms with E-state index in [0.717, 1.165) is 19.3 Å². The topological polar surface area (TPSA) is 26.0 Å². The summed E-state index contributed by atoms with van der Waals surface area (Å²) in [7, 11) is 0. The first-order valence-electron chi connectivity index (χ1n) is 7.42. The molecule has 2 N–H and O–H groups in total. The minimum atomic E-state index is 0.0955. The van der Waals surface area contributed by atoms with Crippen LogP contribution >= 0.6 is 23.2 Å². The van der Waals surface area contributed by atoms with Gasteiger partial charge in [-0.2, -0.15) is 0 Å². The molecular formula is C18H19Cl2N. The van der Waals surface area contributed by atoms with E-state index in [1.54, 1.807) is 0 Å². The van der Waals surface area contributed by atoms with Gasteiger partial charge in [-0.05, 0) is 60.4 Å². The average molecular weight is 320 g/mol. The van der Waals surface area contributed by atoms with Crippen LogP contribution in [0.15, 0.2) is 42.5 Å². The van der Waals surface area contributed by atoms with Crippen LogP contribution in [0.25, 0.3) is 0 Å². The van der Waals surface area contributed by atoms with Crippen LogP contribution in [-0.4, -0.2) is 0 Å². The molecule has 0 spiro atoms. The van der Waals surface area contributed by atoms with Crippen LogP contribution < -0.4 is 5.73 Å². The lowest BCUT2D eigenvalue weighted by atomic mass is 9.86. The molecule has 0 amide bonds. The van der Waals surface area contributed by atoms with Crippen molar-refractivity contribution in [3.8, 4) is 0 Å². The van der Waals surface area contributed by atoms with E-state index in [4.69, 9.17) is 28.9 Å². The van der Waals surface area contributed by atoms with Crippen molar-refractivity contribution in [3.05, 3.63) is 69.2 Å². The fourth-order valence-corrected chi connectivity index (χ4v) is 3.59. The predicted molar refractivity (Wildman–Crippen MR) is 90.0 cm³/mol. The van der Waals surface area contributed by atoms with E-state index < -0.39 is 0 Å². The number of nitrogens with two attached hydrogens (primary N) is 1. The average Bonchev–Trinajstić information content (AvgIpc) is 2.64. The molecule has 0 saturated heterocycles. The van der Waals surface area contributed by atoms with Crippen molar-refractivity contribution in [1.82, 2.24) is 0 Å². The highest BCUT2D eigenvalue weighted by atomic mass is 35.5. The van der Waals surface area contributed by atoms with Crippen molar-refractivity contribution in [1.29, 1.82) is 0 Å². The van der Waals surface area contributed by atoms with Crippen molar-refractivity contribution < 1.29 is 0 Å². The Balaban J connectivity index is 1.84. The minimum Gasteiger partial charge on any atom is -0.324 e. The van der Waals surface area contributed by atoms with E-state index in [1.807, 2.05) is 12.1 Å². The Hall–Kier alpha value is -1.02. The number of hydrogen-bond donors (Lipinski definition) is 1. The summed E-state index contributed by atoms with van der Waals surface area (Å²) in [4.78, 5) is 0. The van der Waals surface area contributed by atoms with Gasteiger partial charge in [0.25, 0.3) is 0 Å². The van der Waals surface area contributed by atoms with Gasteiger partial charge >= 0.3 is 0 Å². The van der Waals surface area contributed by atoms with Crippen molar-refractivity contribution in [2.45, 2.75) is 31.7 Å². The zero-order valence-electron chi connectivity index (χ0n) is 11.9. The predicted octanol–water partition coefficient (Wildman–Crippen LogP) is 5.19. The molecule has 0 bridgehead atoms. The standard InChI is InChI=1S/C18H19Cl2N/c19-16-9-8-12(11-17(16)20)10-14-6-3-5-13-4-1-2-7-15(13)18(14)21/h1-2,4,7-9,11,14,18H,3,5-6,10,21H2. The molecule has 2 atom stereocenters. The number of hydrogen-bond acceptors (Lipinski definition) is 1. The molecule has 0 fully saturated rings. The van der Waals surface area contributed by atoms with Gasteiger partial charge in [-0.25, -0.2) is 0 Å². The Morgan fingerprint density at radius 2 is 1.86 bits per heavy atom. The van der Waals surface area contributed by atoms with Gasteiger partial charge in [0, 0.05) is 6.04 Å². The van der Waals surface area contributed by atoms with Crippen molar-refractivity contribution >= 4 is 23.2 Å². The monoisotopic (exact) mass is 319 g/mol. The third-order valence-corrected chi connectivity index (χ3v) is 5.16. The van der Waals surface area contributed by atoms with Crippen LogP contribution in [0.2, 0.25) is 10.0 Å². The minimum absolute atomic E-state index is 0.0955. The lowest BCUT2D eigenvalue weighted by Gasteiger charge is -2.23. The van der Waals surface area contributed by atoms with Crippen LogP contribution in [0, 0.1) is 5.92 Å². The summed E-state index contributed by atoms with van der Waals surface area (Å²) in [6.07, 6.45) is 4.42. The Morgan fingerprint density at radius 1 is 1.05 bits per heavy atom. The summed E-state index contributed by atoms with van der Waals surface area (Å²) >= 11 is 12.1. The maximum absolute atomic E-state index is 6.55. The van der Waals surface area contributed by atoms with Gasteiger partial charge in [0.05, 0.1) is 10.0 Å². The second kappa shape index (κ2) is 6.39. The lowest BCUT2D eigenvalue weighted by Crippen LogP contribution is -2.22. The van der Waals surface area contributed by atoms with Crippen molar-refractivity contribution in [3.63, 3.8) is 0 Å².